The first-order valence-corrected chi connectivity index (χ1v) is 5.52. The number of aromatic nitrogens is 2. The highest BCUT2D eigenvalue weighted by Crippen LogP contribution is 2.14. The summed E-state index contributed by atoms with van der Waals surface area (Å²) in [5.41, 5.74) is 6.28. The first-order valence-electron chi connectivity index (χ1n) is 5.52. The molecule has 0 fully saturated rings. The van der Waals surface area contributed by atoms with E-state index in [9.17, 15) is 4.39 Å². The molecule has 0 radical (unpaired) electrons. The van der Waals surface area contributed by atoms with Crippen LogP contribution in [-0.2, 0) is 11.2 Å². The van der Waals surface area contributed by atoms with Crippen LogP contribution >= 0.6 is 12.4 Å². The van der Waals surface area contributed by atoms with Crippen LogP contribution in [0, 0.1) is 5.82 Å². The van der Waals surface area contributed by atoms with E-state index in [4.69, 9.17) is 15.0 Å². The minimum absolute atomic E-state index is 0. The maximum Gasteiger partial charge on any atom is 0.257 e. The summed E-state index contributed by atoms with van der Waals surface area (Å²) in [5, 5.41) is 3.81. The van der Waals surface area contributed by atoms with Gasteiger partial charge in [-0.2, -0.15) is 4.98 Å². The third-order valence-corrected chi connectivity index (χ3v) is 2.51. The average Bonchev–Trinajstić information content (AvgIpc) is 2.79. The lowest BCUT2D eigenvalue weighted by atomic mass is 10.1. The third-order valence-electron chi connectivity index (χ3n) is 2.51. The van der Waals surface area contributed by atoms with Gasteiger partial charge in [0.2, 0.25) is 0 Å². The van der Waals surface area contributed by atoms with Gasteiger partial charge in [-0.1, -0.05) is 17.3 Å². The highest BCUT2D eigenvalue weighted by Gasteiger charge is 2.16. The Kier molecular flexibility index (Phi) is 5.88. The molecule has 1 unspecified atom stereocenters. The number of hydrogen-bond acceptors (Lipinski definition) is 5. The van der Waals surface area contributed by atoms with Crippen molar-refractivity contribution in [2.24, 2.45) is 5.73 Å². The monoisotopic (exact) mass is 287 g/mol. The number of nitrogens with zero attached hydrogens (tertiary/aromatic N) is 2. The van der Waals surface area contributed by atoms with Gasteiger partial charge in [-0.05, 0) is 17.7 Å². The van der Waals surface area contributed by atoms with Crippen LogP contribution < -0.4 is 5.73 Å². The minimum Gasteiger partial charge on any atom is -0.370 e. The van der Waals surface area contributed by atoms with Crippen molar-refractivity contribution in [3.63, 3.8) is 0 Å². The number of halogens is 2. The SMILES string of the molecule is COC(CN)c1nc(Cc2cccc(F)c2)no1.Cl. The predicted molar refractivity (Wildman–Crippen MR) is 69.6 cm³/mol. The molecule has 7 heteroatoms. The van der Waals surface area contributed by atoms with Gasteiger partial charge < -0.3 is 15.0 Å². The molecule has 2 aromatic rings. The lowest BCUT2D eigenvalue weighted by Gasteiger charge is -2.05. The quantitative estimate of drug-likeness (QED) is 0.909. The standard InChI is InChI=1S/C12H14FN3O2.ClH/c1-17-10(7-14)12-15-11(16-18-12)6-8-3-2-4-9(13)5-8;/h2-5,10H,6-7,14H2,1H3;1H. The molecule has 1 aromatic carbocycles. The second-order valence-electron chi connectivity index (χ2n) is 3.82. The Labute approximate surface area is 116 Å². The van der Waals surface area contributed by atoms with Gasteiger partial charge in [0.1, 0.15) is 11.9 Å². The summed E-state index contributed by atoms with van der Waals surface area (Å²) in [4.78, 5) is 4.17. The van der Waals surface area contributed by atoms with E-state index >= 15 is 0 Å². The lowest BCUT2D eigenvalue weighted by Crippen LogP contribution is -2.14. The average molecular weight is 288 g/mol. The molecule has 0 bridgehead atoms. The smallest absolute Gasteiger partial charge is 0.257 e. The van der Waals surface area contributed by atoms with Crippen LogP contribution in [0.2, 0.25) is 0 Å². The van der Waals surface area contributed by atoms with Crippen molar-refractivity contribution < 1.29 is 13.7 Å². The van der Waals surface area contributed by atoms with Gasteiger partial charge >= 0.3 is 0 Å². The number of nitrogens with two attached hydrogens (primary N) is 1. The second-order valence-corrected chi connectivity index (χ2v) is 3.82. The predicted octanol–water partition coefficient (Wildman–Crippen LogP) is 1.87. The highest BCUT2D eigenvalue weighted by molar-refractivity contribution is 5.85. The Bertz CT molecular complexity index is 517. The Morgan fingerprint density at radius 1 is 1.47 bits per heavy atom. The maximum absolute atomic E-state index is 13.0. The van der Waals surface area contributed by atoms with Gasteiger partial charge in [0.15, 0.2) is 5.82 Å². The highest BCUT2D eigenvalue weighted by atomic mass is 35.5. The van der Waals surface area contributed by atoms with Crippen molar-refractivity contribution in [3.8, 4) is 0 Å². The molecule has 0 spiro atoms. The van der Waals surface area contributed by atoms with Crippen LogP contribution in [0.15, 0.2) is 28.8 Å². The molecule has 0 aliphatic rings. The topological polar surface area (TPSA) is 74.2 Å². The zero-order valence-corrected chi connectivity index (χ0v) is 11.2. The Balaban J connectivity index is 0.00000180. The van der Waals surface area contributed by atoms with Crippen LogP contribution in [0.25, 0.3) is 0 Å². The van der Waals surface area contributed by atoms with Gasteiger partial charge in [0.25, 0.3) is 5.89 Å². The van der Waals surface area contributed by atoms with Crippen molar-refractivity contribution in [2.75, 3.05) is 13.7 Å². The largest absolute Gasteiger partial charge is 0.370 e. The first-order chi connectivity index (χ1) is 8.72. The molecule has 1 heterocycles. The van der Waals surface area contributed by atoms with Gasteiger partial charge in [-0.15, -0.1) is 12.4 Å². The van der Waals surface area contributed by atoms with E-state index in [0.717, 1.165) is 5.56 Å². The van der Waals surface area contributed by atoms with Crippen LogP contribution in [0.3, 0.4) is 0 Å². The molecular weight excluding hydrogens is 273 g/mol. The van der Waals surface area contributed by atoms with Crippen molar-refractivity contribution in [3.05, 3.63) is 47.4 Å². The molecule has 1 aromatic heterocycles. The molecule has 0 aliphatic heterocycles. The van der Waals surface area contributed by atoms with Gasteiger partial charge in [-0.25, -0.2) is 4.39 Å². The molecule has 19 heavy (non-hydrogen) atoms. The number of benzene rings is 1. The van der Waals surface area contributed by atoms with Crippen LogP contribution in [-0.4, -0.2) is 23.8 Å². The van der Waals surface area contributed by atoms with Crippen molar-refractivity contribution in [1.82, 2.24) is 10.1 Å². The van der Waals surface area contributed by atoms with E-state index in [1.807, 2.05) is 0 Å². The second kappa shape index (κ2) is 7.18. The molecule has 0 amide bonds. The summed E-state index contributed by atoms with van der Waals surface area (Å²) >= 11 is 0. The molecule has 2 N–H and O–H groups in total. The molecule has 0 saturated carbocycles. The molecule has 0 saturated heterocycles. The van der Waals surface area contributed by atoms with E-state index in [2.05, 4.69) is 10.1 Å². The van der Waals surface area contributed by atoms with Gasteiger partial charge in [-0.3, -0.25) is 0 Å². The molecule has 104 valence electrons. The summed E-state index contributed by atoms with van der Waals surface area (Å²) in [6.45, 7) is 0.262. The normalized spacial score (nSPS) is 11.9. The van der Waals surface area contributed by atoms with E-state index in [0.29, 0.717) is 18.1 Å². The molecule has 0 aliphatic carbocycles. The van der Waals surface area contributed by atoms with Crippen molar-refractivity contribution >= 4 is 12.4 Å². The van der Waals surface area contributed by atoms with Gasteiger partial charge in [0.05, 0.1) is 0 Å². The van der Waals surface area contributed by atoms with Gasteiger partial charge in [0, 0.05) is 20.1 Å². The van der Waals surface area contributed by atoms with E-state index in [1.54, 1.807) is 12.1 Å². The van der Waals surface area contributed by atoms with Crippen LogP contribution in [0.1, 0.15) is 23.4 Å². The fraction of sp³-hybridized carbons (Fsp3) is 0.333. The van der Waals surface area contributed by atoms with Crippen molar-refractivity contribution in [1.29, 1.82) is 0 Å². The number of ether oxygens (including phenoxy) is 1. The zero-order valence-electron chi connectivity index (χ0n) is 10.4. The Morgan fingerprint density at radius 3 is 2.89 bits per heavy atom. The van der Waals surface area contributed by atoms with E-state index in [1.165, 1.54) is 19.2 Å². The van der Waals surface area contributed by atoms with E-state index < -0.39 is 6.10 Å². The Morgan fingerprint density at radius 2 is 2.26 bits per heavy atom. The summed E-state index contributed by atoms with van der Waals surface area (Å²) < 4.78 is 23.1. The Hall–Kier alpha value is -1.50. The molecule has 1 atom stereocenters. The molecule has 2 rings (SSSR count). The van der Waals surface area contributed by atoms with Crippen LogP contribution in [0.4, 0.5) is 4.39 Å². The number of hydrogen-bond donors (Lipinski definition) is 1. The fourth-order valence-electron chi connectivity index (χ4n) is 1.60. The fourth-order valence-corrected chi connectivity index (χ4v) is 1.60. The summed E-state index contributed by atoms with van der Waals surface area (Å²) in [6.07, 6.45) is 0.00110. The summed E-state index contributed by atoms with van der Waals surface area (Å²) in [6, 6.07) is 6.27. The zero-order chi connectivity index (χ0) is 13.0. The van der Waals surface area contributed by atoms with Crippen molar-refractivity contribution in [2.45, 2.75) is 12.5 Å². The molecule has 5 nitrogen and oxygen atoms in total. The minimum atomic E-state index is -0.404. The number of rotatable bonds is 5. The maximum atomic E-state index is 13.0. The third kappa shape index (κ3) is 3.99. The lowest BCUT2D eigenvalue weighted by molar-refractivity contribution is 0.0804. The molecular formula is C12H15ClFN3O2. The van der Waals surface area contributed by atoms with E-state index in [-0.39, 0.29) is 24.8 Å². The van der Waals surface area contributed by atoms with Crippen LogP contribution in [0.5, 0.6) is 0 Å². The summed E-state index contributed by atoms with van der Waals surface area (Å²) in [5.74, 6) is 0.533. The summed E-state index contributed by atoms with van der Waals surface area (Å²) in [7, 11) is 1.52. The first kappa shape index (κ1) is 15.6. The number of methoxy groups -OCH3 is 1.